The van der Waals surface area contributed by atoms with E-state index in [0.29, 0.717) is 75.8 Å². The second-order valence-electron chi connectivity index (χ2n) is 19.6. The number of anilines is 1. The molecule has 3 N–H and O–H groups in total. The fourth-order valence-corrected chi connectivity index (χ4v) is 10.4. The SMILES string of the molecule is Cc1ccc2c(c1)C(C)(C)C(=CC=CC1=[N+](CCCCCC(=O)ON3C(=O)CCC3=O)c3ccc(S(=O)(=O)O)cc3C1(C)C)N2CCOCCNC(=O)C1(C)CCc2c(C)c(O)c(C)c(C)c2O1. The van der Waals surface area contributed by atoms with E-state index in [1.165, 1.54) is 17.7 Å². The van der Waals surface area contributed by atoms with Crippen LogP contribution in [-0.2, 0) is 56.1 Å². The van der Waals surface area contributed by atoms with E-state index in [4.69, 9.17) is 14.3 Å². The van der Waals surface area contributed by atoms with Crippen LogP contribution in [0.4, 0.5) is 11.4 Å². The Balaban J connectivity index is 1.04. The number of hydrogen-bond donors (Lipinski definition) is 3. The van der Waals surface area contributed by atoms with Crippen molar-refractivity contribution < 1.29 is 56.1 Å². The number of ether oxygens (including phenoxy) is 2. The summed E-state index contributed by atoms with van der Waals surface area (Å²) >= 11 is 0. The Morgan fingerprint density at radius 2 is 1.60 bits per heavy atom. The molecule has 1 unspecified atom stereocenters. The Labute approximate surface area is 399 Å². The normalized spacial score (nSPS) is 20.0. The minimum absolute atomic E-state index is 0.0279. The number of phenolic OH excluding ortho intramolecular Hbond substituents is 1. The lowest BCUT2D eigenvalue weighted by Gasteiger charge is -2.36. The average molecular weight is 954 g/mol. The molecule has 0 aromatic heterocycles. The number of nitrogens with zero attached hydrogens (tertiary/aromatic N) is 3. The lowest BCUT2D eigenvalue weighted by molar-refractivity contribution is -0.438. The number of nitrogens with one attached hydrogen (secondary N) is 1. The zero-order valence-corrected chi connectivity index (χ0v) is 41.5. The number of imide groups is 1. The van der Waals surface area contributed by atoms with E-state index >= 15 is 0 Å². The first-order valence-corrected chi connectivity index (χ1v) is 24.9. The Hall–Kier alpha value is -5.84. The second kappa shape index (κ2) is 19.3. The van der Waals surface area contributed by atoms with Gasteiger partial charge >= 0.3 is 5.97 Å². The molecule has 4 aliphatic rings. The summed E-state index contributed by atoms with van der Waals surface area (Å²) in [6, 6.07) is 11.1. The fourth-order valence-electron chi connectivity index (χ4n) is 9.93. The Morgan fingerprint density at radius 1 is 0.882 bits per heavy atom. The maximum atomic E-state index is 13.5. The first kappa shape index (κ1) is 50.0. The highest BCUT2D eigenvalue weighted by molar-refractivity contribution is 7.85. The van der Waals surface area contributed by atoms with Crippen LogP contribution >= 0.6 is 0 Å². The van der Waals surface area contributed by atoms with Crippen molar-refractivity contribution in [2.24, 2.45) is 0 Å². The quantitative estimate of drug-likeness (QED) is 0.0521. The Kier molecular flexibility index (Phi) is 14.2. The van der Waals surface area contributed by atoms with E-state index in [-0.39, 0.29) is 41.2 Å². The van der Waals surface area contributed by atoms with Crippen LogP contribution in [0.2, 0.25) is 0 Å². The predicted molar refractivity (Wildman–Crippen MR) is 257 cm³/mol. The van der Waals surface area contributed by atoms with Crippen molar-refractivity contribution in [3.8, 4) is 11.5 Å². The van der Waals surface area contributed by atoms with Crippen LogP contribution in [0.1, 0.15) is 119 Å². The van der Waals surface area contributed by atoms with E-state index < -0.39 is 38.9 Å². The van der Waals surface area contributed by atoms with Crippen LogP contribution in [0.3, 0.4) is 0 Å². The van der Waals surface area contributed by atoms with E-state index in [1.54, 1.807) is 13.0 Å². The van der Waals surface area contributed by atoms with Gasteiger partial charge in [-0.2, -0.15) is 13.0 Å². The maximum Gasteiger partial charge on any atom is 0.333 e. The predicted octanol–water partition coefficient (Wildman–Crippen LogP) is 7.57. The molecule has 3 aromatic rings. The molecule has 3 aromatic carbocycles. The summed E-state index contributed by atoms with van der Waals surface area (Å²) < 4.78 is 49.2. The van der Waals surface area contributed by atoms with Crippen LogP contribution in [0, 0.1) is 27.7 Å². The molecule has 1 saturated heterocycles. The van der Waals surface area contributed by atoms with Gasteiger partial charge in [0.05, 0.1) is 23.5 Å². The highest BCUT2D eigenvalue weighted by Gasteiger charge is 2.46. The van der Waals surface area contributed by atoms with Gasteiger partial charge in [-0.25, -0.2) is 4.79 Å². The third kappa shape index (κ3) is 9.72. The molecule has 0 saturated carbocycles. The van der Waals surface area contributed by atoms with Gasteiger partial charge in [-0.3, -0.25) is 18.9 Å². The number of hydroxylamine groups is 2. The number of rotatable bonds is 17. The minimum Gasteiger partial charge on any atom is -0.507 e. The smallest absolute Gasteiger partial charge is 0.333 e. The first-order chi connectivity index (χ1) is 32.0. The molecule has 0 aliphatic carbocycles. The van der Waals surface area contributed by atoms with Crippen LogP contribution in [0.15, 0.2) is 65.2 Å². The molecule has 16 heteroatoms. The molecule has 7 rings (SSSR count). The molecule has 68 heavy (non-hydrogen) atoms. The highest BCUT2D eigenvalue weighted by Crippen LogP contribution is 2.48. The van der Waals surface area contributed by atoms with Crippen molar-refractivity contribution in [2.45, 2.75) is 135 Å². The number of carbonyl (C=O) groups is 4. The molecule has 4 heterocycles. The summed E-state index contributed by atoms with van der Waals surface area (Å²) in [5.74, 6) is -0.951. The summed E-state index contributed by atoms with van der Waals surface area (Å²) in [4.78, 5) is 56.8. The van der Waals surface area contributed by atoms with Gasteiger partial charge in [0.15, 0.2) is 11.3 Å². The first-order valence-electron chi connectivity index (χ1n) is 23.4. The summed E-state index contributed by atoms with van der Waals surface area (Å²) in [5.41, 5.74) is 8.17. The standard InChI is InChI=1S/C52H64N4O11S/c1-32-17-19-40-38(30-32)50(5,6)43(55(40)27-29-65-28-25-53-49(61)52(9)24-23-37-35(4)47(60)33(2)34(3)48(37)66-52)15-13-14-42-51(7,8)39-31-36(68(62,63)64)18-20-41(39)54(42)26-12-10-11-16-46(59)67-56-44(57)21-22-45(56)58/h13-15,17-20,30-31H,10-12,16,21-29H2,1-9H3,(H2-,53,60,61,62,63,64)/p+1. The van der Waals surface area contributed by atoms with Crippen LogP contribution in [0.25, 0.3) is 0 Å². The molecular formula is C52H65N4O11S+. The van der Waals surface area contributed by atoms with E-state index in [1.807, 2.05) is 46.8 Å². The molecule has 0 radical (unpaired) electrons. The number of amides is 3. The van der Waals surface area contributed by atoms with Gasteiger partial charge in [0.1, 0.15) is 18.0 Å². The van der Waals surface area contributed by atoms with Gasteiger partial charge in [-0.1, -0.05) is 37.6 Å². The fraction of sp³-hybridized carbons (Fsp3) is 0.481. The second-order valence-corrected chi connectivity index (χ2v) is 21.0. The van der Waals surface area contributed by atoms with Gasteiger partial charge in [-0.15, -0.1) is 5.06 Å². The summed E-state index contributed by atoms with van der Waals surface area (Å²) in [6.45, 7) is 20.0. The third-order valence-electron chi connectivity index (χ3n) is 14.2. The molecule has 3 amide bonds. The summed E-state index contributed by atoms with van der Waals surface area (Å²) in [6.07, 6.45) is 9.14. The molecule has 0 spiro atoms. The van der Waals surface area contributed by atoms with E-state index in [2.05, 4.69) is 59.8 Å². The number of unbranched alkanes of at least 4 members (excludes halogenated alkanes) is 2. The average Bonchev–Trinajstić information content (AvgIpc) is 3.79. The van der Waals surface area contributed by atoms with E-state index in [9.17, 15) is 37.3 Å². The third-order valence-corrected chi connectivity index (χ3v) is 15.0. The van der Waals surface area contributed by atoms with Crippen LogP contribution in [-0.4, -0.2) is 95.6 Å². The van der Waals surface area contributed by atoms with Crippen LogP contribution < -0.4 is 15.0 Å². The Bertz CT molecular complexity index is 2760. The highest BCUT2D eigenvalue weighted by atomic mass is 32.2. The van der Waals surface area contributed by atoms with Crippen molar-refractivity contribution >= 4 is 50.9 Å². The van der Waals surface area contributed by atoms with Crippen molar-refractivity contribution in [1.29, 1.82) is 0 Å². The molecule has 1 atom stereocenters. The van der Waals surface area contributed by atoms with E-state index in [0.717, 1.165) is 56.2 Å². The number of hydrogen-bond acceptors (Lipinski definition) is 11. The number of aromatic hydroxyl groups is 1. The monoisotopic (exact) mass is 953 g/mol. The number of fused-ring (bicyclic) bond motifs is 3. The minimum atomic E-state index is -4.46. The molecule has 0 bridgehead atoms. The summed E-state index contributed by atoms with van der Waals surface area (Å²) in [5, 5.41) is 14.2. The largest absolute Gasteiger partial charge is 0.507 e. The number of carbonyl (C=O) groups excluding carboxylic acids is 4. The van der Waals surface area contributed by atoms with Crippen molar-refractivity contribution in [1.82, 2.24) is 10.4 Å². The van der Waals surface area contributed by atoms with Crippen molar-refractivity contribution in [3.05, 3.63) is 99.3 Å². The van der Waals surface area contributed by atoms with Crippen molar-refractivity contribution in [2.75, 3.05) is 37.7 Å². The topological polar surface area (TPSA) is 192 Å². The number of allylic oxidation sites excluding steroid dienone is 4. The van der Waals surface area contributed by atoms with Gasteiger partial charge in [0.2, 0.25) is 5.69 Å². The van der Waals surface area contributed by atoms with Gasteiger partial charge < -0.3 is 29.6 Å². The number of phenols is 1. The van der Waals surface area contributed by atoms with Gasteiger partial charge in [0, 0.05) is 85.3 Å². The number of benzene rings is 3. The molecule has 1 fully saturated rings. The summed E-state index contributed by atoms with van der Waals surface area (Å²) in [7, 11) is -4.46. The lowest BCUT2D eigenvalue weighted by Crippen LogP contribution is -2.51. The Morgan fingerprint density at radius 3 is 2.31 bits per heavy atom. The zero-order chi connectivity index (χ0) is 49.5. The maximum absolute atomic E-state index is 13.5. The van der Waals surface area contributed by atoms with Crippen LogP contribution in [0.5, 0.6) is 11.5 Å². The van der Waals surface area contributed by atoms with Gasteiger partial charge in [0.25, 0.3) is 27.8 Å². The van der Waals surface area contributed by atoms with Crippen molar-refractivity contribution in [3.63, 3.8) is 0 Å². The molecule has 4 aliphatic heterocycles. The zero-order valence-electron chi connectivity index (χ0n) is 40.7. The number of aryl methyl sites for hydroxylation is 1. The van der Waals surface area contributed by atoms with Gasteiger partial charge in [-0.05, 0) is 114 Å². The molecule has 364 valence electrons. The molecular weight excluding hydrogens is 889 g/mol. The molecule has 15 nitrogen and oxygen atoms in total. The lowest BCUT2D eigenvalue weighted by atomic mass is 9.81.